The Hall–Kier alpha value is -3.71. The van der Waals surface area contributed by atoms with Gasteiger partial charge in [0.1, 0.15) is 0 Å². The van der Waals surface area contributed by atoms with E-state index in [1.807, 2.05) is 11.0 Å². The summed E-state index contributed by atoms with van der Waals surface area (Å²) in [7, 11) is 0. The summed E-state index contributed by atoms with van der Waals surface area (Å²) in [6, 6.07) is 33.8. The van der Waals surface area contributed by atoms with Crippen LogP contribution in [0.1, 0.15) is 41.6 Å². The summed E-state index contributed by atoms with van der Waals surface area (Å²) >= 11 is 0. The number of hydrogen-bond acceptors (Lipinski definition) is 4. The third-order valence-corrected chi connectivity index (χ3v) is 8.08. The lowest BCUT2D eigenvalue weighted by molar-refractivity contribution is 0.0364. The van der Waals surface area contributed by atoms with Crippen LogP contribution in [0.2, 0.25) is 0 Å². The fourth-order valence-corrected chi connectivity index (χ4v) is 5.64. The quantitative estimate of drug-likeness (QED) is 0.191. The molecular formula is C36H44N4O2. The molecule has 4 aromatic carbocycles. The Morgan fingerprint density at radius 1 is 0.857 bits per heavy atom. The van der Waals surface area contributed by atoms with E-state index in [9.17, 15) is 4.79 Å². The molecule has 0 saturated carbocycles. The number of amides is 2. The molecule has 0 aromatic heterocycles. The highest BCUT2D eigenvalue weighted by atomic mass is 16.5. The Morgan fingerprint density at radius 2 is 1.57 bits per heavy atom. The van der Waals surface area contributed by atoms with E-state index in [2.05, 4.69) is 113 Å². The van der Waals surface area contributed by atoms with E-state index in [-0.39, 0.29) is 12.1 Å². The van der Waals surface area contributed by atoms with E-state index in [0.29, 0.717) is 13.1 Å². The predicted molar refractivity (Wildman–Crippen MR) is 171 cm³/mol. The van der Waals surface area contributed by atoms with E-state index >= 15 is 0 Å². The third kappa shape index (κ3) is 8.65. The predicted octanol–water partition coefficient (Wildman–Crippen LogP) is 6.17. The average molecular weight is 565 g/mol. The van der Waals surface area contributed by atoms with Crippen LogP contribution in [0, 0.1) is 0 Å². The van der Waals surface area contributed by atoms with Crippen LogP contribution in [-0.4, -0.2) is 61.8 Å². The van der Waals surface area contributed by atoms with Crippen molar-refractivity contribution in [3.05, 3.63) is 119 Å². The molecule has 42 heavy (non-hydrogen) atoms. The van der Waals surface area contributed by atoms with Crippen molar-refractivity contribution in [3.8, 4) is 0 Å². The maximum Gasteiger partial charge on any atom is 0.318 e. The molecule has 6 nitrogen and oxygen atoms in total. The fraction of sp³-hybridized carbons (Fsp3) is 0.361. The zero-order chi connectivity index (χ0) is 29.0. The lowest BCUT2D eigenvalue weighted by Gasteiger charge is -2.29. The summed E-state index contributed by atoms with van der Waals surface area (Å²) in [5, 5.41) is 9.20. The van der Waals surface area contributed by atoms with Gasteiger partial charge >= 0.3 is 6.03 Å². The van der Waals surface area contributed by atoms with E-state index in [4.69, 9.17) is 4.74 Å². The summed E-state index contributed by atoms with van der Waals surface area (Å²) in [5.41, 5.74) is 4.89. The van der Waals surface area contributed by atoms with Gasteiger partial charge in [0.25, 0.3) is 0 Å². The Bertz CT molecular complexity index is 1380. The molecule has 0 radical (unpaired) electrons. The Balaban J connectivity index is 1.19. The number of carbonyl (C=O) groups is 1. The first-order valence-corrected chi connectivity index (χ1v) is 15.3. The minimum atomic E-state index is -0.101. The summed E-state index contributed by atoms with van der Waals surface area (Å²) < 4.78 is 5.50. The van der Waals surface area contributed by atoms with Gasteiger partial charge in [-0.1, -0.05) is 97.1 Å². The second-order valence-corrected chi connectivity index (χ2v) is 11.2. The molecule has 1 saturated heterocycles. The topological polar surface area (TPSA) is 56.8 Å². The van der Waals surface area contributed by atoms with Crippen molar-refractivity contribution in [2.75, 3.05) is 45.9 Å². The molecule has 4 aromatic rings. The van der Waals surface area contributed by atoms with E-state index in [0.717, 1.165) is 69.9 Å². The van der Waals surface area contributed by atoms with Crippen molar-refractivity contribution < 1.29 is 9.53 Å². The van der Waals surface area contributed by atoms with Crippen LogP contribution < -0.4 is 10.6 Å². The van der Waals surface area contributed by atoms with Gasteiger partial charge in [0.05, 0.1) is 19.3 Å². The highest BCUT2D eigenvalue weighted by Crippen LogP contribution is 2.24. The molecule has 0 bridgehead atoms. The number of hydrogen-bond donors (Lipinski definition) is 2. The van der Waals surface area contributed by atoms with Gasteiger partial charge in [0.2, 0.25) is 0 Å². The second kappa shape index (κ2) is 15.5. The third-order valence-electron chi connectivity index (χ3n) is 8.08. The molecule has 1 aliphatic heterocycles. The number of nitrogens with one attached hydrogen (secondary N) is 2. The number of morpholine rings is 1. The Morgan fingerprint density at radius 3 is 2.38 bits per heavy atom. The van der Waals surface area contributed by atoms with E-state index in [1.165, 1.54) is 21.9 Å². The molecule has 2 amide bonds. The summed E-state index contributed by atoms with van der Waals surface area (Å²) in [6.07, 6.45) is 1.90. The lowest BCUT2D eigenvalue weighted by Crippen LogP contribution is -2.43. The Labute approximate surface area is 250 Å². The van der Waals surface area contributed by atoms with Crippen LogP contribution in [0.15, 0.2) is 97.1 Å². The molecule has 6 heteroatoms. The van der Waals surface area contributed by atoms with Crippen LogP contribution in [0.4, 0.5) is 4.79 Å². The monoisotopic (exact) mass is 564 g/mol. The van der Waals surface area contributed by atoms with Gasteiger partial charge in [-0.3, -0.25) is 4.90 Å². The number of nitrogens with zero attached hydrogens (tertiary/aromatic N) is 2. The van der Waals surface area contributed by atoms with Gasteiger partial charge in [-0.15, -0.1) is 0 Å². The van der Waals surface area contributed by atoms with Crippen molar-refractivity contribution in [2.45, 2.75) is 38.9 Å². The molecule has 220 valence electrons. The number of fused-ring (bicyclic) bond motifs is 1. The summed E-state index contributed by atoms with van der Waals surface area (Å²) in [6.45, 7) is 9.66. The van der Waals surface area contributed by atoms with Gasteiger partial charge in [0.15, 0.2) is 0 Å². The van der Waals surface area contributed by atoms with Gasteiger partial charge in [-0.25, -0.2) is 4.79 Å². The van der Waals surface area contributed by atoms with E-state index < -0.39 is 0 Å². The average Bonchev–Trinajstić information content (AvgIpc) is 3.04. The van der Waals surface area contributed by atoms with Gasteiger partial charge in [-0.05, 0) is 59.3 Å². The Kier molecular flexibility index (Phi) is 11.0. The van der Waals surface area contributed by atoms with Crippen molar-refractivity contribution in [3.63, 3.8) is 0 Å². The SMILES string of the molecule is CC(NC(=O)N(CCCN1CCOCC1)Cc1ccc(CCNCc2ccccc2)cc1)c1cccc2ccccc12. The maximum atomic E-state index is 13.7. The number of urea groups is 1. The molecular weight excluding hydrogens is 520 g/mol. The van der Waals surface area contributed by atoms with Gasteiger partial charge in [-0.2, -0.15) is 0 Å². The standard InChI is InChI=1S/C36H44N4O2/c1-29(34-14-7-12-33-11-5-6-13-35(33)34)38-36(41)40(22-8-21-39-23-25-42-26-24-39)28-32-17-15-30(16-18-32)19-20-37-27-31-9-3-2-4-10-31/h2-7,9-18,29,37H,8,19-28H2,1H3,(H,38,41). The lowest BCUT2D eigenvalue weighted by atomic mass is 10.00. The first-order chi connectivity index (χ1) is 20.7. The number of carbonyl (C=O) groups excluding carboxylic acids is 1. The molecule has 1 fully saturated rings. The fourth-order valence-electron chi connectivity index (χ4n) is 5.64. The van der Waals surface area contributed by atoms with Crippen molar-refractivity contribution in [1.29, 1.82) is 0 Å². The molecule has 5 rings (SSSR count). The summed E-state index contributed by atoms with van der Waals surface area (Å²) in [4.78, 5) is 18.1. The molecule has 2 N–H and O–H groups in total. The molecule has 0 aliphatic carbocycles. The van der Waals surface area contributed by atoms with Crippen molar-refractivity contribution >= 4 is 16.8 Å². The van der Waals surface area contributed by atoms with Gasteiger partial charge in [0, 0.05) is 39.3 Å². The normalized spacial score (nSPS) is 14.5. The zero-order valence-corrected chi connectivity index (χ0v) is 24.8. The summed E-state index contributed by atoms with van der Waals surface area (Å²) in [5.74, 6) is 0. The van der Waals surface area contributed by atoms with Crippen LogP contribution in [0.25, 0.3) is 10.8 Å². The molecule has 1 atom stereocenters. The molecule has 1 aliphatic rings. The minimum absolute atomic E-state index is 0.0217. The molecule has 0 spiro atoms. The first kappa shape index (κ1) is 29.8. The molecule has 1 unspecified atom stereocenters. The highest BCUT2D eigenvalue weighted by Gasteiger charge is 2.19. The zero-order valence-electron chi connectivity index (χ0n) is 24.8. The second-order valence-electron chi connectivity index (χ2n) is 11.2. The molecule has 1 heterocycles. The van der Waals surface area contributed by atoms with Crippen LogP contribution in [0.3, 0.4) is 0 Å². The maximum absolute atomic E-state index is 13.7. The van der Waals surface area contributed by atoms with Crippen LogP contribution in [0.5, 0.6) is 0 Å². The van der Waals surface area contributed by atoms with Crippen molar-refractivity contribution in [2.24, 2.45) is 0 Å². The number of benzene rings is 4. The van der Waals surface area contributed by atoms with Crippen LogP contribution in [-0.2, 0) is 24.2 Å². The van der Waals surface area contributed by atoms with Crippen LogP contribution >= 0.6 is 0 Å². The van der Waals surface area contributed by atoms with Gasteiger partial charge < -0.3 is 20.3 Å². The first-order valence-electron chi connectivity index (χ1n) is 15.3. The number of ether oxygens (including phenoxy) is 1. The highest BCUT2D eigenvalue weighted by molar-refractivity contribution is 5.86. The smallest absolute Gasteiger partial charge is 0.318 e. The minimum Gasteiger partial charge on any atom is -0.379 e. The van der Waals surface area contributed by atoms with E-state index in [1.54, 1.807) is 0 Å². The van der Waals surface area contributed by atoms with Crippen molar-refractivity contribution in [1.82, 2.24) is 20.4 Å². The largest absolute Gasteiger partial charge is 0.379 e. The number of rotatable bonds is 13.